The molecular formula is C16H12N6O4S. The van der Waals surface area contributed by atoms with E-state index in [1.54, 1.807) is 24.3 Å². The molecule has 0 atom stereocenters. The van der Waals surface area contributed by atoms with Crippen molar-refractivity contribution in [3.8, 4) is 5.69 Å². The van der Waals surface area contributed by atoms with E-state index >= 15 is 0 Å². The van der Waals surface area contributed by atoms with E-state index in [4.69, 9.17) is 5.73 Å². The highest BCUT2D eigenvalue weighted by atomic mass is 32.2. The van der Waals surface area contributed by atoms with Crippen LogP contribution in [0.1, 0.15) is 20.7 Å². The smallest absolute Gasteiger partial charge is 0.269 e. The molecule has 1 amide bonds. The molecule has 1 heterocycles. The van der Waals surface area contributed by atoms with Gasteiger partial charge in [-0.15, -0.1) is 5.10 Å². The van der Waals surface area contributed by atoms with Crippen molar-refractivity contribution in [1.29, 1.82) is 0 Å². The molecule has 0 aliphatic heterocycles. The highest BCUT2D eigenvalue weighted by molar-refractivity contribution is 7.99. The maximum atomic E-state index is 12.3. The molecule has 0 aliphatic carbocycles. The Kier molecular flexibility index (Phi) is 5.22. The lowest BCUT2D eigenvalue weighted by molar-refractivity contribution is -0.384. The molecule has 3 rings (SSSR count). The van der Waals surface area contributed by atoms with E-state index in [-0.39, 0.29) is 17.2 Å². The third-order valence-electron chi connectivity index (χ3n) is 3.57. The summed E-state index contributed by atoms with van der Waals surface area (Å²) in [5.41, 5.74) is 6.45. The van der Waals surface area contributed by atoms with Crippen molar-refractivity contribution in [3.05, 3.63) is 69.8 Å². The summed E-state index contributed by atoms with van der Waals surface area (Å²) in [6, 6.07) is 11.8. The SMILES string of the molecule is NC(=O)c1ccc(-n2nnnc2SCC(=O)c2ccc([N+](=O)[O-])cc2)cc1. The number of benzene rings is 2. The Balaban J connectivity index is 1.70. The number of nitrogens with two attached hydrogens (primary N) is 1. The molecule has 0 saturated heterocycles. The van der Waals surface area contributed by atoms with Crippen molar-refractivity contribution in [2.24, 2.45) is 5.73 Å². The van der Waals surface area contributed by atoms with Gasteiger partial charge in [-0.2, -0.15) is 4.68 Å². The van der Waals surface area contributed by atoms with Crippen molar-refractivity contribution in [1.82, 2.24) is 20.2 Å². The first-order valence-corrected chi connectivity index (χ1v) is 8.53. The minimum atomic E-state index is -0.540. The summed E-state index contributed by atoms with van der Waals surface area (Å²) in [4.78, 5) is 33.5. The van der Waals surface area contributed by atoms with Gasteiger partial charge in [0.05, 0.1) is 16.4 Å². The molecule has 0 aliphatic rings. The largest absolute Gasteiger partial charge is 0.366 e. The van der Waals surface area contributed by atoms with Gasteiger partial charge < -0.3 is 5.73 Å². The number of Topliss-reactive ketones (excluding diaryl/α,β-unsaturated/α-hetero) is 1. The van der Waals surface area contributed by atoms with Gasteiger partial charge in [0.15, 0.2) is 5.78 Å². The molecule has 2 aromatic carbocycles. The second-order valence-corrected chi connectivity index (χ2v) is 6.24. The van der Waals surface area contributed by atoms with E-state index in [1.807, 2.05) is 0 Å². The highest BCUT2D eigenvalue weighted by Crippen LogP contribution is 2.20. The van der Waals surface area contributed by atoms with Crippen LogP contribution >= 0.6 is 11.8 Å². The number of hydrogen-bond acceptors (Lipinski definition) is 8. The highest BCUT2D eigenvalue weighted by Gasteiger charge is 2.14. The van der Waals surface area contributed by atoms with Crippen LogP contribution in [0.2, 0.25) is 0 Å². The zero-order chi connectivity index (χ0) is 19.4. The molecule has 11 heteroatoms. The van der Waals surface area contributed by atoms with Crippen molar-refractivity contribution >= 4 is 29.1 Å². The van der Waals surface area contributed by atoms with Crippen LogP contribution in [0.5, 0.6) is 0 Å². The summed E-state index contributed by atoms with van der Waals surface area (Å²) in [5.74, 6) is -0.701. The number of nitrogens with zero attached hydrogens (tertiary/aromatic N) is 5. The van der Waals surface area contributed by atoms with Gasteiger partial charge in [0.2, 0.25) is 11.1 Å². The standard InChI is InChI=1S/C16H12N6O4S/c17-15(24)11-3-5-12(6-4-11)21-16(18-19-20-21)27-9-14(23)10-1-7-13(8-2-10)22(25)26/h1-8H,9H2,(H2,17,24). The molecule has 0 spiro atoms. The number of primary amides is 1. The summed E-state index contributed by atoms with van der Waals surface area (Å²) in [6.07, 6.45) is 0. The van der Waals surface area contributed by atoms with Gasteiger partial charge in [-0.05, 0) is 46.8 Å². The molecule has 1 aromatic heterocycles. The fourth-order valence-corrected chi connectivity index (χ4v) is 2.97. The molecule has 0 saturated carbocycles. The normalized spacial score (nSPS) is 10.5. The molecule has 2 N–H and O–H groups in total. The van der Waals surface area contributed by atoms with E-state index in [0.717, 1.165) is 11.8 Å². The number of amides is 1. The van der Waals surface area contributed by atoms with Crippen LogP contribution < -0.4 is 5.73 Å². The molecule has 27 heavy (non-hydrogen) atoms. The Morgan fingerprint density at radius 2 is 1.70 bits per heavy atom. The molecule has 0 fully saturated rings. The van der Waals surface area contributed by atoms with Crippen LogP contribution in [0.4, 0.5) is 5.69 Å². The van der Waals surface area contributed by atoms with Gasteiger partial charge in [-0.3, -0.25) is 19.7 Å². The van der Waals surface area contributed by atoms with Crippen LogP contribution in [0.15, 0.2) is 53.7 Å². The fourth-order valence-electron chi connectivity index (χ4n) is 2.18. The van der Waals surface area contributed by atoms with Crippen LogP contribution in [0, 0.1) is 10.1 Å². The number of tetrazole rings is 1. The first kappa shape index (κ1) is 18.2. The number of ketones is 1. The topological polar surface area (TPSA) is 147 Å². The van der Waals surface area contributed by atoms with Crippen molar-refractivity contribution < 1.29 is 14.5 Å². The number of aromatic nitrogens is 4. The summed E-state index contributed by atoms with van der Waals surface area (Å²) in [6.45, 7) is 0. The summed E-state index contributed by atoms with van der Waals surface area (Å²) < 4.78 is 1.43. The van der Waals surface area contributed by atoms with Crippen molar-refractivity contribution in [2.45, 2.75) is 5.16 Å². The monoisotopic (exact) mass is 384 g/mol. The third kappa shape index (κ3) is 4.15. The number of thioether (sulfide) groups is 1. The summed E-state index contributed by atoms with van der Waals surface area (Å²) in [7, 11) is 0. The average molecular weight is 384 g/mol. The lowest BCUT2D eigenvalue weighted by atomic mass is 10.1. The first-order chi connectivity index (χ1) is 13.0. The van der Waals surface area contributed by atoms with E-state index < -0.39 is 10.8 Å². The number of nitro groups is 1. The molecule has 0 radical (unpaired) electrons. The maximum Gasteiger partial charge on any atom is 0.269 e. The fraction of sp³-hybridized carbons (Fsp3) is 0.0625. The summed E-state index contributed by atoms with van der Waals surface area (Å²) >= 11 is 1.12. The van der Waals surface area contributed by atoms with Crippen LogP contribution in [-0.2, 0) is 0 Å². The quantitative estimate of drug-likeness (QED) is 0.280. The van der Waals surface area contributed by atoms with Crippen LogP contribution in [-0.4, -0.2) is 42.6 Å². The Morgan fingerprint density at radius 3 is 2.30 bits per heavy atom. The predicted octanol–water partition coefficient (Wildman–Crippen LogP) is 1.64. The number of hydrogen-bond donors (Lipinski definition) is 1. The van der Waals surface area contributed by atoms with E-state index in [9.17, 15) is 19.7 Å². The van der Waals surface area contributed by atoms with Gasteiger partial charge in [-0.1, -0.05) is 11.8 Å². The van der Waals surface area contributed by atoms with Gasteiger partial charge in [0, 0.05) is 23.3 Å². The maximum absolute atomic E-state index is 12.3. The van der Waals surface area contributed by atoms with E-state index in [0.29, 0.717) is 22.0 Å². The number of nitro benzene ring substituents is 1. The predicted molar refractivity (Wildman–Crippen MR) is 95.8 cm³/mol. The Bertz CT molecular complexity index is 1000. The van der Waals surface area contributed by atoms with Crippen molar-refractivity contribution in [2.75, 3.05) is 5.75 Å². The summed E-state index contributed by atoms with van der Waals surface area (Å²) in [5, 5.41) is 22.4. The Hall–Kier alpha value is -3.60. The first-order valence-electron chi connectivity index (χ1n) is 7.55. The van der Waals surface area contributed by atoms with E-state index in [1.165, 1.54) is 28.9 Å². The lowest BCUT2D eigenvalue weighted by Crippen LogP contribution is -2.11. The van der Waals surface area contributed by atoms with E-state index in [2.05, 4.69) is 15.5 Å². The minimum Gasteiger partial charge on any atom is -0.366 e. The van der Waals surface area contributed by atoms with Crippen LogP contribution in [0.3, 0.4) is 0 Å². The zero-order valence-electron chi connectivity index (χ0n) is 13.7. The Morgan fingerprint density at radius 1 is 1.07 bits per heavy atom. The molecule has 3 aromatic rings. The molecule has 0 bridgehead atoms. The number of carbonyl (C=O) groups excluding carboxylic acids is 2. The lowest BCUT2D eigenvalue weighted by Gasteiger charge is -2.05. The zero-order valence-corrected chi connectivity index (χ0v) is 14.5. The average Bonchev–Trinajstić information content (AvgIpc) is 3.14. The van der Waals surface area contributed by atoms with Gasteiger partial charge in [0.25, 0.3) is 5.69 Å². The molecule has 0 unspecified atom stereocenters. The molecule has 136 valence electrons. The second kappa shape index (κ2) is 7.74. The Labute approximate surface area is 156 Å². The second-order valence-electron chi connectivity index (χ2n) is 5.30. The van der Waals surface area contributed by atoms with Gasteiger partial charge in [-0.25, -0.2) is 0 Å². The van der Waals surface area contributed by atoms with Crippen molar-refractivity contribution in [3.63, 3.8) is 0 Å². The number of rotatable bonds is 7. The minimum absolute atomic E-state index is 0.0531. The molecular weight excluding hydrogens is 372 g/mol. The number of carbonyl (C=O) groups is 2. The number of non-ortho nitro benzene ring substituents is 1. The van der Waals surface area contributed by atoms with Crippen LogP contribution in [0.25, 0.3) is 5.69 Å². The van der Waals surface area contributed by atoms with Gasteiger partial charge in [0.1, 0.15) is 0 Å². The third-order valence-corrected chi connectivity index (χ3v) is 4.49. The van der Waals surface area contributed by atoms with Gasteiger partial charge >= 0.3 is 0 Å². The molecule has 10 nitrogen and oxygen atoms in total.